The fourth-order valence-electron chi connectivity index (χ4n) is 3.92. The number of thioether (sulfide) groups is 1. The molecular formula is C27H21BrN2O3S. The van der Waals surface area contributed by atoms with E-state index in [1.165, 1.54) is 4.90 Å². The number of benzene rings is 3. The second-order valence-corrected chi connectivity index (χ2v) is 9.76. The Labute approximate surface area is 210 Å². The van der Waals surface area contributed by atoms with Gasteiger partial charge in [0, 0.05) is 27.1 Å². The SMILES string of the molecule is O=C1S/C(=C\c2cn(CCOc3ccccc3)c3ccc(Br)cc23)C(=O)N1Cc1ccccc1. The molecule has 0 atom stereocenters. The van der Waals surface area contributed by atoms with E-state index in [1.54, 1.807) is 0 Å². The molecule has 2 heterocycles. The van der Waals surface area contributed by atoms with Crippen molar-refractivity contribution in [3.05, 3.63) is 106 Å². The van der Waals surface area contributed by atoms with Crippen molar-refractivity contribution < 1.29 is 14.3 Å². The van der Waals surface area contributed by atoms with Gasteiger partial charge in [-0.05, 0) is 53.7 Å². The summed E-state index contributed by atoms with van der Waals surface area (Å²) in [6.07, 6.45) is 3.83. The molecule has 2 amide bonds. The lowest BCUT2D eigenvalue weighted by Gasteiger charge is -2.12. The van der Waals surface area contributed by atoms with Crippen LogP contribution in [0.3, 0.4) is 0 Å². The van der Waals surface area contributed by atoms with Crippen LogP contribution in [0.15, 0.2) is 94.4 Å². The lowest BCUT2D eigenvalue weighted by Crippen LogP contribution is -2.27. The highest BCUT2D eigenvalue weighted by atomic mass is 79.9. The minimum Gasteiger partial charge on any atom is -0.492 e. The third-order valence-electron chi connectivity index (χ3n) is 5.56. The summed E-state index contributed by atoms with van der Waals surface area (Å²) in [5.41, 5.74) is 2.85. The first kappa shape index (κ1) is 22.5. The molecule has 0 N–H and O–H groups in total. The Morgan fingerprint density at radius 3 is 2.44 bits per heavy atom. The van der Waals surface area contributed by atoms with Gasteiger partial charge in [0.15, 0.2) is 0 Å². The molecule has 4 aromatic rings. The molecular weight excluding hydrogens is 512 g/mol. The molecule has 7 heteroatoms. The van der Waals surface area contributed by atoms with Gasteiger partial charge >= 0.3 is 0 Å². The van der Waals surface area contributed by atoms with Crippen molar-refractivity contribution >= 4 is 55.8 Å². The molecule has 170 valence electrons. The van der Waals surface area contributed by atoms with Crippen LogP contribution in [0.25, 0.3) is 17.0 Å². The zero-order valence-corrected chi connectivity index (χ0v) is 20.6. The molecule has 0 aliphatic carbocycles. The molecule has 3 aromatic carbocycles. The van der Waals surface area contributed by atoms with Gasteiger partial charge in [0.2, 0.25) is 0 Å². The van der Waals surface area contributed by atoms with E-state index in [0.717, 1.165) is 44.0 Å². The Kier molecular flexibility index (Phi) is 6.56. The highest BCUT2D eigenvalue weighted by Gasteiger charge is 2.35. The zero-order chi connectivity index (χ0) is 23.5. The number of ether oxygens (including phenoxy) is 1. The maximum atomic E-state index is 13.0. The summed E-state index contributed by atoms with van der Waals surface area (Å²) in [7, 11) is 0. The summed E-state index contributed by atoms with van der Waals surface area (Å²) in [5.74, 6) is 0.566. The van der Waals surface area contributed by atoms with Gasteiger partial charge in [-0.25, -0.2) is 0 Å². The van der Waals surface area contributed by atoms with Crippen LogP contribution in [-0.4, -0.2) is 27.2 Å². The number of carbonyl (C=O) groups is 2. The van der Waals surface area contributed by atoms with E-state index in [1.807, 2.05) is 91.1 Å². The number of para-hydroxylation sites is 1. The van der Waals surface area contributed by atoms with Crippen LogP contribution in [0.5, 0.6) is 5.75 Å². The van der Waals surface area contributed by atoms with Crippen LogP contribution in [0, 0.1) is 0 Å². The first-order valence-electron chi connectivity index (χ1n) is 10.8. The van der Waals surface area contributed by atoms with E-state index in [-0.39, 0.29) is 17.7 Å². The first-order valence-corrected chi connectivity index (χ1v) is 12.4. The molecule has 0 bridgehead atoms. The van der Waals surface area contributed by atoms with E-state index < -0.39 is 0 Å². The number of fused-ring (bicyclic) bond motifs is 1. The van der Waals surface area contributed by atoms with Gasteiger partial charge in [0.25, 0.3) is 11.1 Å². The van der Waals surface area contributed by atoms with Crippen LogP contribution in [-0.2, 0) is 17.9 Å². The van der Waals surface area contributed by atoms with Crippen molar-refractivity contribution in [3.8, 4) is 5.75 Å². The van der Waals surface area contributed by atoms with Crippen molar-refractivity contribution in [2.45, 2.75) is 13.1 Å². The molecule has 1 fully saturated rings. The molecule has 5 rings (SSSR count). The van der Waals surface area contributed by atoms with Crippen molar-refractivity contribution in [2.24, 2.45) is 0 Å². The number of halogens is 1. The standard InChI is InChI=1S/C27H21BrN2O3S/c28-21-11-12-24-23(16-21)20(18-29(24)13-14-33-22-9-5-2-6-10-22)15-25-26(31)30(27(32)34-25)17-19-7-3-1-4-8-19/h1-12,15-16,18H,13-14,17H2/b25-15-. The van der Waals surface area contributed by atoms with Gasteiger partial charge in [0.1, 0.15) is 12.4 Å². The molecule has 0 saturated carbocycles. The fourth-order valence-corrected chi connectivity index (χ4v) is 5.11. The lowest BCUT2D eigenvalue weighted by molar-refractivity contribution is -0.123. The highest BCUT2D eigenvalue weighted by molar-refractivity contribution is 9.10. The van der Waals surface area contributed by atoms with E-state index >= 15 is 0 Å². The molecule has 34 heavy (non-hydrogen) atoms. The predicted octanol–water partition coefficient (Wildman–Crippen LogP) is 6.72. The zero-order valence-electron chi connectivity index (χ0n) is 18.2. The normalized spacial score (nSPS) is 15.0. The van der Waals surface area contributed by atoms with Crippen molar-refractivity contribution in [1.29, 1.82) is 0 Å². The molecule has 1 aliphatic heterocycles. The van der Waals surface area contributed by atoms with E-state index in [2.05, 4.69) is 20.5 Å². The Balaban J connectivity index is 1.40. The van der Waals surface area contributed by atoms with Crippen LogP contribution >= 0.6 is 27.7 Å². The molecule has 0 radical (unpaired) electrons. The molecule has 1 saturated heterocycles. The minimum absolute atomic E-state index is 0.249. The third-order valence-corrected chi connectivity index (χ3v) is 6.96. The minimum atomic E-state index is -0.262. The average molecular weight is 533 g/mol. The maximum absolute atomic E-state index is 13.0. The van der Waals surface area contributed by atoms with Gasteiger partial charge in [-0.2, -0.15) is 0 Å². The highest BCUT2D eigenvalue weighted by Crippen LogP contribution is 2.35. The second-order valence-electron chi connectivity index (χ2n) is 7.85. The largest absolute Gasteiger partial charge is 0.492 e. The van der Waals surface area contributed by atoms with Crippen LogP contribution < -0.4 is 4.74 Å². The Morgan fingerprint density at radius 2 is 1.68 bits per heavy atom. The number of carbonyl (C=O) groups excluding carboxylic acids is 2. The molecule has 0 unspecified atom stereocenters. The number of hydrogen-bond acceptors (Lipinski definition) is 4. The van der Waals surface area contributed by atoms with Gasteiger partial charge in [-0.1, -0.05) is 64.5 Å². The fraction of sp³-hybridized carbons (Fsp3) is 0.111. The van der Waals surface area contributed by atoms with Crippen molar-refractivity contribution in [2.75, 3.05) is 6.61 Å². The smallest absolute Gasteiger partial charge is 0.293 e. The number of imide groups is 1. The summed E-state index contributed by atoms with van der Waals surface area (Å²) in [6.45, 7) is 1.43. The van der Waals surface area contributed by atoms with Gasteiger partial charge in [-0.3, -0.25) is 14.5 Å². The lowest BCUT2D eigenvalue weighted by atomic mass is 10.1. The number of nitrogens with zero attached hydrogens (tertiary/aromatic N) is 2. The molecule has 1 aliphatic rings. The van der Waals surface area contributed by atoms with Gasteiger partial charge < -0.3 is 9.30 Å². The summed E-state index contributed by atoms with van der Waals surface area (Å²) >= 11 is 4.54. The molecule has 5 nitrogen and oxygen atoms in total. The van der Waals surface area contributed by atoms with Crippen molar-refractivity contribution in [3.63, 3.8) is 0 Å². The Hall–Kier alpha value is -3.29. The summed E-state index contributed by atoms with van der Waals surface area (Å²) < 4.78 is 8.94. The second kappa shape index (κ2) is 9.91. The van der Waals surface area contributed by atoms with Crippen LogP contribution in [0.4, 0.5) is 4.79 Å². The predicted molar refractivity (Wildman–Crippen MR) is 140 cm³/mol. The third kappa shape index (κ3) is 4.81. The number of aromatic nitrogens is 1. The summed E-state index contributed by atoms with van der Waals surface area (Å²) in [5, 5.41) is 0.755. The number of hydrogen-bond donors (Lipinski definition) is 0. The molecule has 0 spiro atoms. The quantitative estimate of drug-likeness (QED) is 0.248. The van der Waals surface area contributed by atoms with E-state index in [9.17, 15) is 9.59 Å². The van der Waals surface area contributed by atoms with E-state index in [0.29, 0.717) is 18.1 Å². The van der Waals surface area contributed by atoms with E-state index in [4.69, 9.17) is 4.74 Å². The first-order chi connectivity index (χ1) is 16.6. The summed E-state index contributed by atoms with van der Waals surface area (Å²) in [4.78, 5) is 27.4. The summed E-state index contributed by atoms with van der Waals surface area (Å²) in [6, 6.07) is 25.3. The topological polar surface area (TPSA) is 51.5 Å². The van der Waals surface area contributed by atoms with Crippen molar-refractivity contribution in [1.82, 2.24) is 9.47 Å². The van der Waals surface area contributed by atoms with Crippen LogP contribution in [0.1, 0.15) is 11.1 Å². The Morgan fingerprint density at radius 1 is 0.941 bits per heavy atom. The average Bonchev–Trinajstić information content (AvgIpc) is 3.32. The van der Waals surface area contributed by atoms with Gasteiger partial charge in [-0.15, -0.1) is 0 Å². The van der Waals surface area contributed by atoms with Gasteiger partial charge in [0.05, 0.1) is 18.0 Å². The van der Waals surface area contributed by atoms with Crippen LogP contribution in [0.2, 0.25) is 0 Å². The number of rotatable bonds is 7. The monoisotopic (exact) mass is 532 g/mol. The maximum Gasteiger partial charge on any atom is 0.293 e. The Bertz CT molecular complexity index is 1380. The molecule has 1 aromatic heterocycles. The number of amides is 2.